The lowest BCUT2D eigenvalue weighted by molar-refractivity contribution is -0.158. The van der Waals surface area contributed by atoms with E-state index in [1.54, 1.807) is 0 Å². The van der Waals surface area contributed by atoms with Gasteiger partial charge in [0.1, 0.15) is 10.0 Å². The molecule has 3 fully saturated rings. The molecule has 5 atom stereocenters. The first-order valence-corrected chi connectivity index (χ1v) is 8.30. The molecule has 5 unspecified atom stereocenters. The molecule has 2 aliphatic carbocycles. The van der Waals surface area contributed by atoms with E-state index in [1.807, 2.05) is 6.92 Å². The Labute approximate surface area is 130 Å². The fourth-order valence-electron chi connectivity index (χ4n) is 3.96. The van der Waals surface area contributed by atoms with Crippen LogP contribution in [0.2, 0.25) is 0 Å². The fourth-order valence-corrected chi connectivity index (χ4v) is 4.10. The monoisotopic (exact) mass is 392 g/mol. The topological polar surface area (TPSA) is 69.7 Å². The van der Waals surface area contributed by atoms with Gasteiger partial charge in [-0.3, -0.25) is 14.4 Å². The third-order valence-corrected chi connectivity index (χ3v) is 6.38. The van der Waals surface area contributed by atoms with E-state index in [9.17, 15) is 14.4 Å². The van der Waals surface area contributed by atoms with Gasteiger partial charge in [0, 0.05) is 0 Å². The van der Waals surface area contributed by atoms with Crippen LogP contribution in [0.5, 0.6) is 0 Å². The van der Waals surface area contributed by atoms with Crippen LogP contribution in [0.1, 0.15) is 39.0 Å². The van der Waals surface area contributed by atoms with Gasteiger partial charge in [-0.1, -0.05) is 29.5 Å². The second-order valence-corrected chi connectivity index (χ2v) is 7.58. The summed E-state index contributed by atoms with van der Waals surface area (Å²) in [6.45, 7) is 1.95. The highest BCUT2D eigenvalue weighted by Gasteiger charge is 2.64. The molecule has 5 nitrogen and oxygen atoms in total. The zero-order chi connectivity index (χ0) is 14.5. The SMILES string of the molecule is CCC(I)C(=O)OC1CC2CC1CC21CC(=O)OC1=O. The first-order valence-electron chi connectivity index (χ1n) is 7.06. The number of cyclic esters (lactones) is 2. The first-order chi connectivity index (χ1) is 9.46. The average molecular weight is 392 g/mol. The van der Waals surface area contributed by atoms with Crippen LogP contribution in [0.25, 0.3) is 0 Å². The van der Waals surface area contributed by atoms with Gasteiger partial charge in [-0.2, -0.15) is 0 Å². The van der Waals surface area contributed by atoms with E-state index in [2.05, 4.69) is 22.6 Å². The van der Waals surface area contributed by atoms with Crippen LogP contribution in [-0.4, -0.2) is 27.9 Å². The summed E-state index contributed by atoms with van der Waals surface area (Å²) in [7, 11) is 0. The van der Waals surface area contributed by atoms with Crippen molar-refractivity contribution in [1.29, 1.82) is 0 Å². The molecule has 1 spiro atoms. The van der Waals surface area contributed by atoms with Gasteiger partial charge in [0.25, 0.3) is 0 Å². The number of carbonyl (C=O) groups is 3. The molecule has 0 radical (unpaired) electrons. The molecule has 1 aliphatic heterocycles. The molecule has 3 rings (SSSR count). The maximum atomic E-state index is 11.9. The predicted octanol–water partition coefficient (Wildman–Crippen LogP) is 2.00. The highest BCUT2D eigenvalue weighted by Crippen LogP contribution is 2.60. The van der Waals surface area contributed by atoms with Crippen molar-refractivity contribution >= 4 is 40.5 Å². The Morgan fingerprint density at radius 1 is 1.50 bits per heavy atom. The lowest BCUT2D eigenvalue weighted by Crippen LogP contribution is -2.38. The van der Waals surface area contributed by atoms with Crippen LogP contribution in [0.15, 0.2) is 0 Å². The summed E-state index contributed by atoms with van der Waals surface area (Å²) in [5.74, 6) is -0.610. The maximum Gasteiger partial charge on any atom is 0.320 e. The Bertz CT molecular complexity index is 476. The Hall–Kier alpha value is -0.660. The zero-order valence-corrected chi connectivity index (χ0v) is 13.4. The van der Waals surface area contributed by atoms with Gasteiger partial charge < -0.3 is 9.47 Å². The zero-order valence-electron chi connectivity index (χ0n) is 11.3. The van der Waals surface area contributed by atoms with Crippen LogP contribution >= 0.6 is 22.6 Å². The summed E-state index contributed by atoms with van der Waals surface area (Å²) < 4.78 is 10.2. The lowest BCUT2D eigenvalue weighted by Gasteiger charge is -2.32. The van der Waals surface area contributed by atoms with E-state index in [1.165, 1.54) is 0 Å². The molecule has 2 bridgehead atoms. The number of alkyl halides is 1. The molecular weight excluding hydrogens is 375 g/mol. The number of halogens is 1. The van der Waals surface area contributed by atoms with E-state index >= 15 is 0 Å². The molecule has 1 saturated heterocycles. The Morgan fingerprint density at radius 2 is 2.25 bits per heavy atom. The normalized spacial score (nSPS) is 40.2. The van der Waals surface area contributed by atoms with Gasteiger partial charge in [0.15, 0.2) is 0 Å². The third-order valence-electron chi connectivity index (χ3n) is 4.99. The Balaban J connectivity index is 1.66. The molecule has 3 aliphatic rings. The van der Waals surface area contributed by atoms with Gasteiger partial charge >= 0.3 is 17.9 Å². The molecule has 0 aromatic carbocycles. The second-order valence-electron chi connectivity index (χ2n) is 6.08. The number of hydrogen-bond acceptors (Lipinski definition) is 5. The lowest BCUT2D eigenvalue weighted by atomic mass is 9.71. The summed E-state index contributed by atoms with van der Waals surface area (Å²) in [4.78, 5) is 35.1. The quantitative estimate of drug-likeness (QED) is 0.318. The van der Waals surface area contributed by atoms with Crippen LogP contribution in [0.3, 0.4) is 0 Å². The maximum absolute atomic E-state index is 11.9. The van der Waals surface area contributed by atoms with Crippen molar-refractivity contribution < 1.29 is 23.9 Å². The van der Waals surface area contributed by atoms with E-state index < -0.39 is 11.4 Å². The molecule has 20 heavy (non-hydrogen) atoms. The van der Waals surface area contributed by atoms with Gasteiger partial charge in [-0.15, -0.1) is 0 Å². The van der Waals surface area contributed by atoms with Crippen molar-refractivity contribution in [2.45, 2.75) is 49.1 Å². The minimum absolute atomic E-state index is 0.0922. The van der Waals surface area contributed by atoms with Crippen molar-refractivity contribution in [3.8, 4) is 0 Å². The Morgan fingerprint density at radius 3 is 2.75 bits per heavy atom. The minimum atomic E-state index is -0.612. The number of hydrogen-bond donors (Lipinski definition) is 0. The Kier molecular flexibility index (Phi) is 3.54. The number of rotatable bonds is 3. The fraction of sp³-hybridized carbons (Fsp3) is 0.786. The number of carbonyl (C=O) groups excluding carboxylic acids is 3. The van der Waals surface area contributed by atoms with Crippen molar-refractivity contribution in [1.82, 2.24) is 0 Å². The molecule has 110 valence electrons. The molecule has 1 heterocycles. The van der Waals surface area contributed by atoms with Gasteiger partial charge in [0.2, 0.25) is 0 Å². The largest absolute Gasteiger partial charge is 0.461 e. The van der Waals surface area contributed by atoms with Gasteiger partial charge in [-0.25, -0.2) is 0 Å². The summed E-state index contributed by atoms with van der Waals surface area (Å²) in [5.41, 5.74) is -0.612. The summed E-state index contributed by atoms with van der Waals surface area (Å²) >= 11 is 2.09. The minimum Gasteiger partial charge on any atom is -0.461 e. The van der Waals surface area contributed by atoms with E-state index in [0.29, 0.717) is 12.8 Å². The highest BCUT2D eigenvalue weighted by atomic mass is 127. The van der Waals surface area contributed by atoms with Crippen molar-refractivity contribution in [3.63, 3.8) is 0 Å². The molecule has 0 aromatic rings. The average Bonchev–Trinajstić information content (AvgIpc) is 3.02. The van der Waals surface area contributed by atoms with Crippen molar-refractivity contribution in [3.05, 3.63) is 0 Å². The molecule has 6 heteroatoms. The molecular formula is C14H17IO5. The predicted molar refractivity (Wildman–Crippen MR) is 77.0 cm³/mol. The van der Waals surface area contributed by atoms with Crippen molar-refractivity contribution in [2.24, 2.45) is 17.3 Å². The summed E-state index contributed by atoms with van der Waals surface area (Å²) in [6, 6.07) is 0. The molecule has 0 aromatic heterocycles. The molecule has 0 amide bonds. The number of ether oxygens (including phenoxy) is 2. The van der Waals surface area contributed by atoms with Crippen molar-refractivity contribution in [2.75, 3.05) is 0 Å². The summed E-state index contributed by atoms with van der Waals surface area (Å²) in [6.07, 6.45) is 3.04. The standard InChI is InChI=1S/C14H17IO5/c1-2-9(15)12(17)19-10-4-8-3-7(10)5-14(8)6-11(16)20-13(14)18/h7-10H,2-6H2,1H3. The first kappa shape index (κ1) is 14.3. The van der Waals surface area contributed by atoms with Gasteiger partial charge in [-0.05, 0) is 37.5 Å². The smallest absolute Gasteiger partial charge is 0.320 e. The van der Waals surface area contributed by atoms with Crippen LogP contribution in [-0.2, 0) is 23.9 Å². The van der Waals surface area contributed by atoms with Crippen LogP contribution < -0.4 is 0 Å². The molecule has 0 N–H and O–H groups in total. The number of fused-ring (bicyclic) bond motifs is 3. The molecule has 2 saturated carbocycles. The number of esters is 3. The third kappa shape index (κ3) is 2.07. The van der Waals surface area contributed by atoms with E-state index in [-0.39, 0.29) is 40.2 Å². The van der Waals surface area contributed by atoms with Crippen LogP contribution in [0, 0.1) is 17.3 Å². The second kappa shape index (κ2) is 4.96. The van der Waals surface area contributed by atoms with E-state index in [0.717, 1.165) is 12.8 Å². The van der Waals surface area contributed by atoms with Gasteiger partial charge in [0.05, 0.1) is 11.8 Å². The van der Waals surface area contributed by atoms with Crippen LogP contribution in [0.4, 0.5) is 0 Å². The summed E-state index contributed by atoms with van der Waals surface area (Å²) in [5, 5.41) is 0. The van der Waals surface area contributed by atoms with E-state index in [4.69, 9.17) is 9.47 Å². The highest BCUT2D eigenvalue weighted by molar-refractivity contribution is 14.1.